The van der Waals surface area contributed by atoms with Gasteiger partial charge in [0.1, 0.15) is 5.75 Å². The fraction of sp³-hybridized carbons (Fsp3) is 0.400. The number of sulfonamides is 1. The van der Waals surface area contributed by atoms with Gasteiger partial charge in [0.2, 0.25) is 10.0 Å². The van der Waals surface area contributed by atoms with E-state index < -0.39 is 10.0 Å². The Hall–Kier alpha value is -2.43. The number of thiazole rings is 1. The minimum atomic E-state index is -3.57. The third-order valence-electron chi connectivity index (χ3n) is 5.19. The SMILES string of the molecule is COc1ccc(S(=O)(=O)N2CCCCCC2)cc1NCc1cc(=O)n2ccsc2n1. The highest BCUT2D eigenvalue weighted by molar-refractivity contribution is 7.89. The van der Waals surface area contributed by atoms with Crippen LogP contribution in [0.2, 0.25) is 0 Å². The summed E-state index contributed by atoms with van der Waals surface area (Å²) in [5.41, 5.74) is 0.967. The molecule has 1 fully saturated rings. The van der Waals surface area contributed by atoms with Crippen molar-refractivity contribution < 1.29 is 13.2 Å². The summed E-state index contributed by atoms with van der Waals surface area (Å²) >= 11 is 1.38. The molecule has 30 heavy (non-hydrogen) atoms. The number of fused-ring (bicyclic) bond motifs is 1. The lowest BCUT2D eigenvalue weighted by molar-refractivity contribution is 0.414. The number of hydrogen-bond donors (Lipinski definition) is 1. The maximum absolute atomic E-state index is 13.1. The molecule has 0 aliphatic carbocycles. The zero-order chi connectivity index (χ0) is 21.1. The van der Waals surface area contributed by atoms with Gasteiger partial charge in [-0.1, -0.05) is 12.8 Å². The van der Waals surface area contributed by atoms with Crippen LogP contribution in [-0.4, -0.2) is 42.3 Å². The second-order valence-corrected chi connectivity index (χ2v) is 9.99. The van der Waals surface area contributed by atoms with Crippen molar-refractivity contribution in [3.05, 3.63) is 51.9 Å². The van der Waals surface area contributed by atoms with E-state index in [1.165, 1.54) is 28.9 Å². The molecule has 0 bridgehead atoms. The Morgan fingerprint density at radius 2 is 1.93 bits per heavy atom. The first-order valence-corrected chi connectivity index (χ1v) is 12.2. The summed E-state index contributed by atoms with van der Waals surface area (Å²) in [6.45, 7) is 1.37. The van der Waals surface area contributed by atoms with Crippen LogP contribution >= 0.6 is 11.3 Å². The number of methoxy groups -OCH3 is 1. The zero-order valence-corrected chi connectivity index (χ0v) is 18.3. The number of aromatic nitrogens is 2. The van der Waals surface area contributed by atoms with E-state index in [1.54, 1.807) is 34.1 Å². The van der Waals surface area contributed by atoms with Crippen LogP contribution in [0.4, 0.5) is 5.69 Å². The first-order chi connectivity index (χ1) is 14.5. The van der Waals surface area contributed by atoms with Gasteiger partial charge in [-0.15, -0.1) is 11.3 Å². The predicted molar refractivity (Wildman–Crippen MR) is 117 cm³/mol. The van der Waals surface area contributed by atoms with Crippen LogP contribution in [-0.2, 0) is 16.6 Å². The van der Waals surface area contributed by atoms with Gasteiger partial charge >= 0.3 is 0 Å². The topological polar surface area (TPSA) is 93.0 Å². The minimum absolute atomic E-state index is 0.150. The van der Waals surface area contributed by atoms with Crippen LogP contribution < -0.4 is 15.6 Å². The van der Waals surface area contributed by atoms with Crippen molar-refractivity contribution in [2.45, 2.75) is 37.1 Å². The van der Waals surface area contributed by atoms with Crippen molar-refractivity contribution in [2.24, 2.45) is 0 Å². The normalized spacial score (nSPS) is 15.8. The molecular formula is C20H24N4O4S2. The van der Waals surface area contributed by atoms with Gasteiger partial charge in [0.05, 0.1) is 29.9 Å². The average molecular weight is 449 g/mol. The number of anilines is 1. The zero-order valence-electron chi connectivity index (χ0n) is 16.7. The number of benzene rings is 1. The summed E-state index contributed by atoms with van der Waals surface area (Å²) in [5.74, 6) is 0.527. The molecule has 160 valence electrons. The van der Waals surface area contributed by atoms with E-state index in [0.29, 0.717) is 35.2 Å². The number of hydrogen-bond acceptors (Lipinski definition) is 7. The number of ether oxygens (including phenoxy) is 1. The quantitative estimate of drug-likeness (QED) is 0.623. The Morgan fingerprint density at radius 1 is 1.17 bits per heavy atom. The van der Waals surface area contributed by atoms with E-state index >= 15 is 0 Å². The summed E-state index contributed by atoms with van der Waals surface area (Å²) in [4.78, 5) is 17.5. The highest BCUT2D eigenvalue weighted by atomic mass is 32.2. The Labute approximate surface area is 179 Å². The molecule has 4 rings (SSSR count). The van der Waals surface area contributed by atoms with Crippen LogP contribution in [0.3, 0.4) is 0 Å². The van der Waals surface area contributed by atoms with Crippen LogP contribution in [0, 0.1) is 0 Å². The summed E-state index contributed by atoms with van der Waals surface area (Å²) in [7, 11) is -2.04. The Kier molecular flexibility index (Phi) is 6.07. The van der Waals surface area contributed by atoms with E-state index in [2.05, 4.69) is 10.3 Å². The largest absolute Gasteiger partial charge is 0.495 e. The van der Waals surface area contributed by atoms with Gasteiger partial charge in [-0.2, -0.15) is 4.31 Å². The third-order valence-corrected chi connectivity index (χ3v) is 7.84. The standard InChI is InChI=1S/C20H24N4O4S2/c1-28-18-7-6-16(30(26,27)23-8-4-2-3-5-9-23)13-17(18)21-14-15-12-19(25)24-10-11-29-20(24)22-15/h6-7,10-13,21H,2-5,8-9,14H2,1H3. The Morgan fingerprint density at radius 3 is 2.67 bits per heavy atom. The van der Waals surface area contributed by atoms with E-state index in [4.69, 9.17) is 4.74 Å². The molecule has 1 saturated heterocycles. The van der Waals surface area contributed by atoms with E-state index in [-0.39, 0.29) is 17.0 Å². The molecule has 0 atom stereocenters. The fourth-order valence-electron chi connectivity index (χ4n) is 3.58. The molecule has 1 aliphatic rings. The van der Waals surface area contributed by atoms with Gasteiger partial charge in [0.15, 0.2) is 4.96 Å². The molecule has 0 spiro atoms. The maximum atomic E-state index is 13.1. The van der Waals surface area contributed by atoms with Crippen molar-refractivity contribution in [2.75, 3.05) is 25.5 Å². The Balaban J connectivity index is 1.60. The Bertz CT molecular complexity index is 1190. The monoisotopic (exact) mass is 448 g/mol. The second-order valence-electron chi connectivity index (χ2n) is 7.18. The van der Waals surface area contributed by atoms with Crippen LogP contribution in [0.25, 0.3) is 4.96 Å². The van der Waals surface area contributed by atoms with Gasteiger partial charge in [0, 0.05) is 30.7 Å². The molecule has 3 aromatic rings. The number of nitrogens with one attached hydrogen (secondary N) is 1. The van der Waals surface area contributed by atoms with Crippen LogP contribution in [0.15, 0.2) is 45.5 Å². The van der Waals surface area contributed by atoms with Gasteiger partial charge < -0.3 is 10.1 Å². The van der Waals surface area contributed by atoms with Crippen molar-refractivity contribution in [3.8, 4) is 5.75 Å². The van der Waals surface area contributed by atoms with E-state index in [0.717, 1.165) is 25.7 Å². The molecule has 1 aromatic carbocycles. The summed E-state index contributed by atoms with van der Waals surface area (Å²) in [5, 5.41) is 4.99. The molecule has 10 heteroatoms. The first-order valence-electron chi connectivity index (χ1n) is 9.87. The minimum Gasteiger partial charge on any atom is -0.495 e. The van der Waals surface area contributed by atoms with Gasteiger partial charge in [0.25, 0.3) is 5.56 Å². The van der Waals surface area contributed by atoms with E-state index in [1.807, 2.05) is 0 Å². The first kappa shape index (κ1) is 20.8. The van der Waals surface area contributed by atoms with Crippen LogP contribution in [0.1, 0.15) is 31.4 Å². The lowest BCUT2D eigenvalue weighted by Crippen LogP contribution is -2.32. The molecule has 8 nitrogen and oxygen atoms in total. The molecule has 0 amide bonds. The van der Waals surface area contributed by atoms with Gasteiger partial charge in [-0.25, -0.2) is 13.4 Å². The number of rotatable bonds is 6. The predicted octanol–water partition coefficient (Wildman–Crippen LogP) is 2.94. The smallest absolute Gasteiger partial charge is 0.258 e. The average Bonchev–Trinajstić information content (AvgIpc) is 3.04. The maximum Gasteiger partial charge on any atom is 0.258 e. The van der Waals surface area contributed by atoms with Crippen molar-refractivity contribution in [3.63, 3.8) is 0 Å². The number of nitrogens with zero attached hydrogens (tertiary/aromatic N) is 3. The lowest BCUT2D eigenvalue weighted by atomic mass is 10.2. The van der Waals surface area contributed by atoms with Gasteiger partial charge in [-0.3, -0.25) is 9.20 Å². The molecule has 1 N–H and O–H groups in total. The molecule has 2 aromatic heterocycles. The molecule has 3 heterocycles. The van der Waals surface area contributed by atoms with E-state index in [9.17, 15) is 13.2 Å². The van der Waals surface area contributed by atoms with Gasteiger partial charge in [-0.05, 0) is 31.0 Å². The van der Waals surface area contributed by atoms with Crippen molar-refractivity contribution >= 4 is 32.0 Å². The second kappa shape index (κ2) is 8.75. The molecule has 0 radical (unpaired) electrons. The highest BCUT2D eigenvalue weighted by Gasteiger charge is 2.26. The summed E-state index contributed by atoms with van der Waals surface area (Å²) in [6, 6.07) is 6.29. The molecule has 1 aliphatic heterocycles. The fourth-order valence-corrected chi connectivity index (χ4v) is 5.86. The van der Waals surface area contributed by atoms with Crippen molar-refractivity contribution in [1.82, 2.24) is 13.7 Å². The molecule has 0 unspecified atom stereocenters. The highest BCUT2D eigenvalue weighted by Crippen LogP contribution is 2.30. The third kappa shape index (κ3) is 4.21. The van der Waals surface area contributed by atoms with Crippen molar-refractivity contribution in [1.29, 1.82) is 0 Å². The molecular weight excluding hydrogens is 424 g/mol. The summed E-state index contributed by atoms with van der Waals surface area (Å²) in [6.07, 6.45) is 5.57. The lowest BCUT2D eigenvalue weighted by Gasteiger charge is -2.21. The van der Waals surface area contributed by atoms with Crippen LogP contribution in [0.5, 0.6) is 5.75 Å². The summed E-state index contributed by atoms with van der Waals surface area (Å²) < 4.78 is 34.7. The molecule has 0 saturated carbocycles.